The van der Waals surface area contributed by atoms with Crippen LogP contribution in [0.5, 0.6) is 11.5 Å². The molecule has 196 valence electrons. The number of methoxy groups -OCH3 is 1. The van der Waals surface area contributed by atoms with Gasteiger partial charge in [0.2, 0.25) is 5.91 Å². The fourth-order valence-electron chi connectivity index (χ4n) is 4.57. The number of ether oxygens (including phenoxy) is 2. The van der Waals surface area contributed by atoms with Crippen LogP contribution in [-0.2, 0) is 17.8 Å². The molecule has 0 spiro atoms. The molecule has 0 saturated heterocycles. The summed E-state index contributed by atoms with van der Waals surface area (Å²) < 4.78 is 30.3. The Morgan fingerprint density at radius 3 is 2.68 bits per heavy atom. The van der Waals surface area contributed by atoms with E-state index in [9.17, 15) is 14.0 Å². The van der Waals surface area contributed by atoms with E-state index in [4.69, 9.17) is 13.9 Å². The first kappa shape index (κ1) is 25.5. The summed E-state index contributed by atoms with van der Waals surface area (Å²) in [5, 5.41) is 2.00. The van der Waals surface area contributed by atoms with Gasteiger partial charge in [-0.3, -0.25) is 9.59 Å². The highest BCUT2D eigenvalue weighted by Gasteiger charge is 2.34. The molecule has 0 N–H and O–H groups in total. The van der Waals surface area contributed by atoms with Crippen molar-refractivity contribution in [3.05, 3.63) is 106 Å². The van der Waals surface area contributed by atoms with Gasteiger partial charge in [0.25, 0.3) is 5.91 Å². The molecule has 2 amide bonds. The molecule has 0 aliphatic carbocycles. The van der Waals surface area contributed by atoms with Crippen LogP contribution in [0.25, 0.3) is 0 Å². The second-order valence-corrected chi connectivity index (χ2v) is 9.89. The molecule has 7 nitrogen and oxygen atoms in total. The van der Waals surface area contributed by atoms with Gasteiger partial charge in [-0.15, -0.1) is 11.3 Å². The summed E-state index contributed by atoms with van der Waals surface area (Å²) in [7, 11) is 1.56. The SMILES string of the molecule is COc1ccc(C(=O)N(CC(=O)N2CCc3sccc3C2COc2cccc(F)c2)Cc2ccco2)cc1. The number of carbonyl (C=O) groups excluding carboxylic acids is 2. The summed E-state index contributed by atoms with van der Waals surface area (Å²) in [5.74, 6) is 0.719. The topological polar surface area (TPSA) is 72.2 Å². The first-order chi connectivity index (χ1) is 18.5. The zero-order chi connectivity index (χ0) is 26.5. The third kappa shape index (κ3) is 5.73. The smallest absolute Gasteiger partial charge is 0.254 e. The fraction of sp³-hybridized carbons (Fsp3) is 0.241. The molecule has 1 unspecified atom stereocenters. The highest BCUT2D eigenvalue weighted by molar-refractivity contribution is 7.10. The molecule has 2 aromatic carbocycles. The summed E-state index contributed by atoms with van der Waals surface area (Å²) >= 11 is 1.65. The van der Waals surface area contributed by atoms with E-state index < -0.39 is 0 Å². The summed E-state index contributed by atoms with van der Waals surface area (Å²) in [6.45, 7) is 0.672. The van der Waals surface area contributed by atoms with Crippen LogP contribution in [0.15, 0.2) is 82.8 Å². The van der Waals surface area contributed by atoms with Crippen molar-refractivity contribution in [1.29, 1.82) is 0 Å². The molecule has 0 radical (unpaired) electrons. The number of amides is 2. The van der Waals surface area contributed by atoms with Gasteiger partial charge in [-0.2, -0.15) is 0 Å². The standard InChI is InChI=1S/C29H27FN2O5S/c1-35-22-9-7-20(8-10-22)29(34)31(17-24-6-3-14-36-24)18-28(33)32-13-11-27-25(12-15-38-27)26(32)19-37-23-5-2-4-21(30)16-23/h2-10,12,14-16,26H,11,13,17-19H2,1H3. The van der Waals surface area contributed by atoms with Gasteiger partial charge in [-0.25, -0.2) is 4.39 Å². The maximum Gasteiger partial charge on any atom is 0.254 e. The maximum atomic E-state index is 13.8. The fourth-order valence-corrected chi connectivity index (χ4v) is 5.50. The number of thiophene rings is 1. The summed E-state index contributed by atoms with van der Waals surface area (Å²) in [6.07, 6.45) is 2.26. The van der Waals surface area contributed by atoms with E-state index in [1.54, 1.807) is 71.9 Å². The van der Waals surface area contributed by atoms with E-state index in [-0.39, 0.29) is 43.4 Å². The highest BCUT2D eigenvalue weighted by Crippen LogP contribution is 2.34. The van der Waals surface area contributed by atoms with Crippen LogP contribution in [0.2, 0.25) is 0 Å². The van der Waals surface area contributed by atoms with E-state index in [0.29, 0.717) is 29.4 Å². The predicted octanol–water partition coefficient (Wildman–Crippen LogP) is 5.34. The van der Waals surface area contributed by atoms with Crippen LogP contribution in [-0.4, -0.2) is 48.4 Å². The Morgan fingerprint density at radius 2 is 1.95 bits per heavy atom. The van der Waals surface area contributed by atoms with Gasteiger partial charge in [0.1, 0.15) is 36.2 Å². The van der Waals surface area contributed by atoms with Crippen molar-refractivity contribution < 1.29 is 27.9 Å². The second kappa shape index (κ2) is 11.5. The lowest BCUT2D eigenvalue weighted by atomic mass is 10.0. The van der Waals surface area contributed by atoms with E-state index >= 15 is 0 Å². The Morgan fingerprint density at radius 1 is 1.11 bits per heavy atom. The van der Waals surface area contributed by atoms with Gasteiger partial charge in [0, 0.05) is 23.1 Å². The first-order valence-electron chi connectivity index (χ1n) is 12.2. The highest BCUT2D eigenvalue weighted by atomic mass is 32.1. The van der Waals surface area contributed by atoms with Crippen LogP contribution in [0, 0.1) is 5.82 Å². The lowest BCUT2D eigenvalue weighted by Gasteiger charge is -2.37. The van der Waals surface area contributed by atoms with Crippen LogP contribution < -0.4 is 9.47 Å². The number of furan rings is 1. The number of hydrogen-bond acceptors (Lipinski definition) is 6. The molecule has 3 heterocycles. The maximum absolute atomic E-state index is 13.8. The number of halogens is 1. The normalized spacial score (nSPS) is 14.6. The van der Waals surface area contributed by atoms with Gasteiger partial charge in [0.05, 0.1) is 26.0 Å². The zero-order valence-corrected chi connectivity index (χ0v) is 21.7. The van der Waals surface area contributed by atoms with Crippen LogP contribution in [0.4, 0.5) is 4.39 Å². The molecule has 1 aliphatic rings. The van der Waals surface area contributed by atoms with E-state index in [1.807, 2.05) is 11.4 Å². The largest absolute Gasteiger partial charge is 0.497 e. The van der Waals surface area contributed by atoms with E-state index in [0.717, 1.165) is 12.0 Å². The molecular formula is C29H27FN2O5S. The minimum atomic E-state index is -0.388. The minimum Gasteiger partial charge on any atom is -0.497 e. The van der Waals surface area contributed by atoms with Crippen molar-refractivity contribution in [1.82, 2.24) is 9.80 Å². The summed E-state index contributed by atoms with van der Waals surface area (Å²) in [5.41, 5.74) is 1.46. The lowest BCUT2D eigenvalue weighted by Crippen LogP contribution is -2.47. The Bertz CT molecular complexity index is 1390. The average Bonchev–Trinajstić information content (AvgIpc) is 3.63. The molecule has 0 fully saturated rings. The van der Waals surface area contributed by atoms with Crippen LogP contribution in [0.3, 0.4) is 0 Å². The van der Waals surface area contributed by atoms with Crippen LogP contribution in [0.1, 0.15) is 32.6 Å². The Balaban J connectivity index is 1.37. The summed E-state index contributed by atoms with van der Waals surface area (Å²) in [4.78, 5) is 31.7. The molecule has 1 aliphatic heterocycles. The quantitative estimate of drug-likeness (QED) is 0.290. The van der Waals surface area contributed by atoms with Gasteiger partial charge in [0.15, 0.2) is 0 Å². The molecule has 9 heteroatoms. The number of hydrogen-bond donors (Lipinski definition) is 0. The van der Waals surface area contributed by atoms with E-state index in [2.05, 4.69) is 0 Å². The minimum absolute atomic E-state index is 0.137. The zero-order valence-electron chi connectivity index (χ0n) is 20.8. The molecule has 2 aromatic heterocycles. The lowest BCUT2D eigenvalue weighted by molar-refractivity contribution is -0.135. The number of rotatable bonds is 9. The third-order valence-corrected chi connectivity index (χ3v) is 7.49. The number of carbonyl (C=O) groups is 2. The van der Waals surface area contributed by atoms with Gasteiger partial charge in [-0.1, -0.05) is 6.07 Å². The molecule has 38 heavy (non-hydrogen) atoms. The number of fused-ring (bicyclic) bond motifs is 1. The van der Waals surface area contributed by atoms with E-state index in [1.165, 1.54) is 28.2 Å². The molecule has 5 rings (SSSR count). The monoisotopic (exact) mass is 534 g/mol. The Labute approximate surface area is 224 Å². The second-order valence-electron chi connectivity index (χ2n) is 8.89. The first-order valence-corrected chi connectivity index (χ1v) is 13.1. The predicted molar refractivity (Wildman–Crippen MR) is 141 cm³/mol. The van der Waals surface area contributed by atoms with Gasteiger partial charge < -0.3 is 23.7 Å². The molecule has 4 aromatic rings. The molecule has 0 saturated carbocycles. The van der Waals surface area contributed by atoms with Gasteiger partial charge >= 0.3 is 0 Å². The van der Waals surface area contributed by atoms with Crippen LogP contribution >= 0.6 is 11.3 Å². The summed E-state index contributed by atoms with van der Waals surface area (Å²) in [6, 6.07) is 17.9. The number of benzene rings is 2. The van der Waals surface area contributed by atoms with Crippen molar-refractivity contribution in [2.24, 2.45) is 0 Å². The van der Waals surface area contributed by atoms with Crippen molar-refractivity contribution in [2.75, 3.05) is 26.8 Å². The molecule has 0 bridgehead atoms. The Hall–Kier alpha value is -4.11. The third-order valence-electron chi connectivity index (χ3n) is 6.50. The van der Waals surface area contributed by atoms with Crippen molar-refractivity contribution in [3.63, 3.8) is 0 Å². The molecular weight excluding hydrogens is 507 g/mol. The molecule has 1 atom stereocenters. The van der Waals surface area contributed by atoms with Crippen molar-refractivity contribution in [3.8, 4) is 11.5 Å². The van der Waals surface area contributed by atoms with Crippen molar-refractivity contribution >= 4 is 23.2 Å². The Kier molecular flexibility index (Phi) is 7.74. The average molecular weight is 535 g/mol. The van der Waals surface area contributed by atoms with Crippen molar-refractivity contribution in [2.45, 2.75) is 19.0 Å². The number of nitrogens with zero attached hydrogens (tertiary/aromatic N) is 2. The van der Waals surface area contributed by atoms with Gasteiger partial charge in [-0.05, 0) is 72.0 Å².